The molecular formula is C14H27N5. The normalized spacial score (nSPS) is 21.6. The number of nitrogens with one attached hydrogen (secondary N) is 1. The molecule has 19 heavy (non-hydrogen) atoms. The largest absolute Gasteiger partial charge is 0.317 e. The van der Waals surface area contributed by atoms with Gasteiger partial charge in [0.2, 0.25) is 0 Å². The van der Waals surface area contributed by atoms with Gasteiger partial charge in [0.05, 0.1) is 17.4 Å². The molecule has 5 heteroatoms. The Labute approximate surface area is 116 Å². The van der Waals surface area contributed by atoms with E-state index >= 15 is 0 Å². The molecule has 1 atom stereocenters. The molecule has 0 amide bonds. The van der Waals surface area contributed by atoms with Crippen molar-refractivity contribution in [3.63, 3.8) is 0 Å². The lowest BCUT2D eigenvalue weighted by molar-refractivity contribution is 0.214. The lowest BCUT2D eigenvalue weighted by Gasteiger charge is -2.25. The fraction of sp³-hybridized carbons (Fsp3) is 0.857. The van der Waals surface area contributed by atoms with Crippen LogP contribution in [0.15, 0.2) is 6.20 Å². The van der Waals surface area contributed by atoms with Crippen molar-refractivity contribution in [2.45, 2.75) is 58.2 Å². The van der Waals surface area contributed by atoms with E-state index in [1.165, 1.54) is 19.3 Å². The van der Waals surface area contributed by atoms with Crippen molar-refractivity contribution in [1.82, 2.24) is 25.2 Å². The van der Waals surface area contributed by atoms with Crippen LogP contribution in [-0.4, -0.2) is 46.1 Å². The Bertz CT molecular complexity index is 385. The Morgan fingerprint density at radius 3 is 2.84 bits per heavy atom. The molecule has 0 aliphatic carbocycles. The van der Waals surface area contributed by atoms with Crippen molar-refractivity contribution < 1.29 is 0 Å². The molecule has 1 fully saturated rings. The van der Waals surface area contributed by atoms with Crippen LogP contribution >= 0.6 is 0 Å². The summed E-state index contributed by atoms with van der Waals surface area (Å²) in [5.74, 6) is 0. The van der Waals surface area contributed by atoms with E-state index in [-0.39, 0.29) is 5.54 Å². The second-order valence-corrected chi connectivity index (χ2v) is 6.58. The Hall–Kier alpha value is -0.940. The second-order valence-electron chi connectivity index (χ2n) is 6.58. The van der Waals surface area contributed by atoms with E-state index in [0.29, 0.717) is 6.04 Å². The fourth-order valence-electron chi connectivity index (χ4n) is 2.52. The summed E-state index contributed by atoms with van der Waals surface area (Å²) in [7, 11) is 2.20. The van der Waals surface area contributed by atoms with E-state index in [9.17, 15) is 0 Å². The average Bonchev–Trinajstić information content (AvgIpc) is 2.63. The Kier molecular flexibility index (Phi) is 4.58. The van der Waals surface area contributed by atoms with Gasteiger partial charge >= 0.3 is 0 Å². The highest BCUT2D eigenvalue weighted by molar-refractivity contribution is 4.95. The van der Waals surface area contributed by atoms with Crippen LogP contribution in [0.3, 0.4) is 0 Å². The first-order chi connectivity index (χ1) is 8.97. The standard InChI is InChI=1S/C14H27N5/c1-14(2,3)19-11-12(16-17-19)10-18(4)13-6-5-8-15-9-7-13/h11,13,15H,5-10H2,1-4H3. The molecule has 1 saturated heterocycles. The van der Waals surface area contributed by atoms with Crippen molar-refractivity contribution in [1.29, 1.82) is 0 Å². The van der Waals surface area contributed by atoms with Gasteiger partial charge < -0.3 is 5.32 Å². The molecule has 0 radical (unpaired) electrons. The maximum atomic E-state index is 4.30. The topological polar surface area (TPSA) is 46.0 Å². The fourth-order valence-corrected chi connectivity index (χ4v) is 2.52. The quantitative estimate of drug-likeness (QED) is 0.902. The molecule has 0 bridgehead atoms. The number of aromatic nitrogens is 3. The Balaban J connectivity index is 1.94. The third-order valence-electron chi connectivity index (χ3n) is 3.81. The molecule has 2 heterocycles. The van der Waals surface area contributed by atoms with Crippen molar-refractivity contribution in [3.05, 3.63) is 11.9 Å². The highest BCUT2D eigenvalue weighted by atomic mass is 15.4. The Morgan fingerprint density at radius 2 is 2.16 bits per heavy atom. The third kappa shape index (κ3) is 4.01. The van der Waals surface area contributed by atoms with E-state index in [4.69, 9.17) is 0 Å². The smallest absolute Gasteiger partial charge is 0.0967 e. The highest BCUT2D eigenvalue weighted by Crippen LogP contribution is 2.16. The van der Waals surface area contributed by atoms with E-state index < -0.39 is 0 Å². The summed E-state index contributed by atoms with van der Waals surface area (Å²) in [5, 5.41) is 12.0. The summed E-state index contributed by atoms with van der Waals surface area (Å²) < 4.78 is 1.95. The van der Waals surface area contributed by atoms with Gasteiger partial charge in [0, 0.05) is 12.6 Å². The van der Waals surface area contributed by atoms with E-state index in [0.717, 1.165) is 25.3 Å². The Morgan fingerprint density at radius 1 is 1.37 bits per heavy atom. The summed E-state index contributed by atoms with van der Waals surface area (Å²) in [5.41, 5.74) is 1.07. The first-order valence-corrected chi connectivity index (χ1v) is 7.29. The molecule has 0 aromatic carbocycles. The van der Waals surface area contributed by atoms with Crippen LogP contribution in [0.2, 0.25) is 0 Å². The molecule has 1 aromatic heterocycles. The molecule has 2 rings (SSSR count). The molecule has 0 spiro atoms. The van der Waals surface area contributed by atoms with Gasteiger partial charge in [-0.1, -0.05) is 5.21 Å². The van der Waals surface area contributed by atoms with Crippen molar-refractivity contribution in [2.24, 2.45) is 0 Å². The second kappa shape index (κ2) is 6.01. The predicted octanol–water partition coefficient (Wildman–Crippen LogP) is 1.61. The summed E-state index contributed by atoms with van der Waals surface area (Å²) in [6, 6.07) is 0.662. The number of nitrogens with zero attached hydrogens (tertiary/aromatic N) is 4. The van der Waals surface area contributed by atoms with E-state index in [1.54, 1.807) is 0 Å². The van der Waals surface area contributed by atoms with Crippen LogP contribution in [0.1, 0.15) is 45.7 Å². The lowest BCUT2D eigenvalue weighted by atomic mass is 10.1. The molecule has 1 unspecified atom stereocenters. The van der Waals surface area contributed by atoms with Gasteiger partial charge in [-0.15, -0.1) is 5.10 Å². The first-order valence-electron chi connectivity index (χ1n) is 7.29. The van der Waals surface area contributed by atoms with Crippen LogP contribution in [0.25, 0.3) is 0 Å². The molecule has 108 valence electrons. The SMILES string of the molecule is CN(Cc1cn(C(C)(C)C)nn1)C1CCCNCC1. The number of hydrogen-bond acceptors (Lipinski definition) is 4. The minimum atomic E-state index is 0.00998. The van der Waals surface area contributed by atoms with Crippen molar-refractivity contribution >= 4 is 0 Å². The molecule has 1 N–H and O–H groups in total. The van der Waals surface area contributed by atoms with E-state index in [2.05, 4.69) is 54.5 Å². The predicted molar refractivity (Wildman–Crippen MR) is 77.0 cm³/mol. The van der Waals surface area contributed by atoms with Crippen LogP contribution in [0.4, 0.5) is 0 Å². The minimum absolute atomic E-state index is 0.00998. The zero-order chi connectivity index (χ0) is 13.9. The molecule has 1 aliphatic heterocycles. The summed E-state index contributed by atoms with van der Waals surface area (Å²) in [4.78, 5) is 2.42. The lowest BCUT2D eigenvalue weighted by Crippen LogP contribution is -2.32. The van der Waals surface area contributed by atoms with Gasteiger partial charge in [-0.05, 0) is 60.2 Å². The zero-order valence-corrected chi connectivity index (χ0v) is 12.7. The van der Waals surface area contributed by atoms with Gasteiger partial charge in [-0.25, -0.2) is 4.68 Å². The summed E-state index contributed by atoms with van der Waals surface area (Å²) in [6.45, 7) is 9.61. The average molecular weight is 265 g/mol. The third-order valence-corrected chi connectivity index (χ3v) is 3.81. The molecule has 0 saturated carbocycles. The van der Waals surface area contributed by atoms with Gasteiger partial charge in [0.25, 0.3) is 0 Å². The monoisotopic (exact) mass is 265 g/mol. The van der Waals surface area contributed by atoms with Crippen LogP contribution in [-0.2, 0) is 12.1 Å². The van der Waals surface area contributed by atoms with Crippen molar-refractivity contribution in [3.8, 4) is 0 Å². The number of hydrogen-bond donors (Lipinski definition) is 1. The summed E-state index contributed by atoms with van der Waals surface area (Å²) in [6.07, 6.45) is 5.84. The molecule has 5 nitrogen and oxygen atoms in total. The maximum Gasteiger partial charge on any atom is 0.0967 e. The van der Waals surface area contributed by atoms with Gasteiger partial charge in [-0.2, -0.15) is 0 Å². The van der Waals surface area contributed by atoms with Crippen LogP contribution in [0, 0.1) is 0 Å². The zero-order valence-electron chi connectivity index (χ0n) is 12.7. The number of rotatable bonds is 3. The molecule has 1 aliphatic rings. The van der Waals surface area contributed by atoms with Gasteiger partial charge in [-0.3, -0.25) is 4.90 Å². The van der Waals surface area contributed by atoms with Gasteiger partial charge in [0.15, 0.2) is 0 Å². The molecular weight excluding hydrogens is 238 g/mol. The van der Waals surface area contributed by atoms with Crippen LogP contribution < -0.4 is 5.32 Å². The maximum absolute atomic E-state index is 4.30. The van der Waals surface area contributed by atoms with Gasteiger partial charge in [0.1, 0.15) is 0 Å². The molecule has 1 aromatic rings. The minimum Gasteiger partial charge on any atom is -0.317 e. The highest BCUT2D eigenvalue weighted by Gasteiger charge is 2.19. The van der Waals surface area contributed by atoms with E-state index in [1.807, 2.05) is 4.68 Å². The summed E-state index contributed by atoms with van der Waals surface area (Å²) >= 11 is 0. The first kappa shape index (κ1) is 14.5. The van der Waals surface area contributed by atoms with Crippen LogP contribution in [0.5, 0.6) is 0 Å². The van der Waals surface area contributed by atoms with Crippen molar-refractivity contribution in [2.75, 3.05) is 20.1 Å².